The Bertz CT molecular complexity index is 372. The SMILES string of the molecule is COc1cc(C)c(CCC=O)c(C)c1Br. The molecule has 0 aliphatic carbocycles. The first-order chi connectivity index (χ1) is 7.11. The zero-order valence-corrected chi connectivity index (χ0v) is 10.8. The summed E-state index contributed by atoms with van der Waals surface area (Å²) in [5, 5.41) is 0. The Morgan fingerprint density at radius 1 is 1.47 bits per heavy atom. The van der Waals surface area contributed by atoms with Crippen molar-refractivity contribution in [1.82, 2.24) is 0 Å². The first kappa shape index (κ1) is 12.2. The molecule has 15 heavy (non-hydrogen) atoms. The molecule has 2 nitrogen and oxygen atoms in total. The largest absolute Gasteiger partial charge is 0.496 e. The van der Waals surface area contributed by atoms with Crippen LogP contribution in [0.1, 0.15) is 23.1 Å². The Kier molecular flexibility index (Phi) is 4.33. The van der Waals surface area contributed by atoms with Gasteiger partial charge < -0.3 is 9.53 Å². The first-order valence-corrected chi connectivity index (χ1v) is 5.67. The Hall–Kier alpha value is -0.830. The van der Waals surface area contributed by atoms with E-state index in [-0.39, 0.29) is 0 Å². The Morgan fingerprint density at radius 3 is 2.67 bits per heavy atom. The van der Waals surface area contributed by atoms with E-state index in [1.165, 1.54) is 11.1 Å². The van der Waals surface area contributed by atoms with Gasteiger partial charge in [-0.05, 0) is 59.0 Å². The number of hydrogen-bond acceptors (Lipinski definition) is 2. The molecule has 82 valence electrons. The van der Waals surface area contributed by atoms with E-state index in [0.717, 1.165) is 28.5 Å². The summed E-state index contributed by atoms with van der Waals surface area (Å²) in [5.41, 5.74) is 3.57. The zero-order valence-electron chi connectivity index (χ0n) is 9.26. The first-order valence-electron chi connectivity index (χ1n) is 4.88. The van der Waals surface area contributed by atoms with Gasteiger partial charge in [-0.1, -0.05) is 0 Å². The van der Waals surface area contributed by atoms with Crippen molar-refractivity contribution in [3.8, 4) is 5.75 Å². The number of hydrogen-bond donors (Lipinski definition) is 0. The molecule has 0 saturated carbocycles. The molecule has 0 heterocycles. The zero-order chi connectivity index (χ0) is 11.4. The van der Waals surface area contributed by atoms with Crippen molar-refractivity contribution in [2.24, 2.45) is 0 Å². The van der Waals surface area contributed by atoms with Crippen molar-refractivity contribution < 1.29 is 9.53 Å². The maximum absolute atomic E-state index is 10.4. The molecule has 0 saturated heterocycles. The van der Waals surface area contributed by atoms with Crippen LogP contribution < -0.4 is 4.74 Å². The van der Waals surface area contributed by atoms with Crippen LogP contribution in [0.25, 0.3) is 0 Å². The van der Waals surface area contributed by atoms with Crippen molar-refractivity contribution in [2.75, 3.05) is 7.11 Å². The molecule has 0 unspecified atom stereocenters. The van der Waals surface area contributed by atoms with Gasteiger partial charge in [-0.25, -0.2) is 0 Å². The van der Waals surface area contributed by atoms with Gasteiger partial charge in [-0.2, -0.15) is 0 Å². The van der Waals surface area contributed by atoms with E-state index in [9.17, 15) is 4.79 Å². The van der Waals surface area contributed by atoms with Gasteiger partial charge in [0.05, 0.1) is 11.6 Å². The molecule has 0 radical (unpaired) electrons. The van der Waals surface area contributed by atoms with Gasteiger partial charge in [0.25, 0.3) is 0 Å². The number of rotatable bonds is 4. The second-order valence-electron chi connectivity index (χ2n) is 3.52. The van der Waals surface area contributed by atoms with Gasteiger partial charge in [-0.15, -0.1) is 0 Å². The Morgan fingerprint density at radius 2 is 2.13 bits per heavy atom. The standard InChI is InChI=1S/C12H15BrO2/c1-8-7-11(15-3)12(13)9(2)10(8)5-4-6-14/h6-7H,4-5H2,1-3H3. The third kappa shape index (κ3) is 2.59. The minimum atomic E-state index is 0.570. The van der Waals surface area contributed by atoms with Gasteiger partial charge >= 0.3 is 0 Å². The number of halogens is 1. The van der Waals surface area contributed by atoms with Crippen molar-refractivity contribution in [3.63, 3.8) is 0 Å². The van der Waals surface area contributed by atoms with E-state index in [4.69, 9.17) is 4.74 Å². The van der Waals surface area contributed by atoms with Crippen molar-refractivity contribution in [3.05, 3.63) is 27.2 Å². The van der Waals surface area contributed by atoms with Crippen LogP contribution in [0, 0.1) is 13.8 Å². The van der Waals surface area contributed by atoms with Crippen molar-refractivity contribution in [1.29, 1.82) is 0 Å². The molecule has 0 spiro atoms. The second kappa shape index (κ2) is 5.31. The van der Waals surface area contributed by atoms with Gasteiger partial charge in [0.15, 0.2) is 0 Å². The normalized spacial score (nSPS) is 10.1. The maximum atomic E-state index is 10.4. The highest BCUT2D eigenvalue weighted by Crippen LogP contribution is 2.33. The van der Waals surface area contributed by atoms with Crippen LogP contribution in [0.4, 0.5) is 0 Å². The van der Waals surface area contributed by atoms with Crippen LogP contribution >= 0.6 is 15.9 Å². The third-order valence-electron chi connectivity index (χ3n) is 2.55. The number of ether oxygens (including phenoxy) is 1. The molecule has 3 heteroatoms. The molecule has 0 amide bonds. The molecule has 0 bridgehead atoms. The van der Waals surface area contributed by atoms with Crippen LogP contribution in [0.3, 0.4) is 0 Å². The van der Waals surface area contributed by atoms with E-state index < -0.39 is 0 Å². The van der Waals surface area contributed by atoms with E-state index in [1.807, 2.05) is 19.9 Å². The molecule has 0 fully saturated rings. The smallest absolute Gasteiger partial charge is 0.133 e. The minimum absolute atomic E-state index is 0.570. The molecule has 1 rings (SSSR count). The van der Waals surface area contributed by atoms with E-state index >= 15 is 0 Å². The summed E-state index contributed by atoms with van der Waals surface area (Å²) < 4.78 is 6.23. The molecular formula is C12H15BrO2. The van der Waals surface area contributed by atoms with Crippen LogP contribution in [0.2, 0.25) is 0 Å². The highest BCUT2D eigenvalue weighted by molar-refractivity contribution is 9.10. The summed E-state index contributed by atoms with van der Waals surface area (Å²) in [6.07, 6.45) is 2.32. The quantitative estimate of drug-likeness (QED) is 0.786. The lowest BCUT2D eigenvalue weighted by Gasteiger charge is -2.14. The lowest BCUT2D eigenvalue weighted by molar-refractivity contribution is -0.107. The molecule has 0 aromatic heterocycles. The molecule has 0 aliphatic rings. The van der Waals surface area contributed by atoms with Crippen LogP contribution in [-0.4, -0.2) is 13.4 Å². The molecule has 0 aliphatic heterocycles. The average Bonchev–Trinajstić information content (AvgIpc) is 2.23. The summed E-state index contributed by atoms with van der Waals surface area (Å²) in [7, 11) is 1.66. The second-order valence-corrected chi connectivity index (χ2v) is 4.31. The summed E-state index contributed by atoms with van der Waals surface area (Å²) in [5.74, 6) is 0.847. The highest BCUT2D eigenvalue weighted by atomic mass is 79.9. The van der Waals surface area contributed by atoms with Crippen LogP contribution in [0.15, 0.2) is 10.5 Å². The van der Waals surface area contributed by atoms with Crippen molar-refractivity contribution in [2.45, 2.75) is 26.7 Å². The van der Waals surface area contributed by atoms with Gasteiger partial charge in [-0.3, -0.25) is 0 Å². The fourth-order valence-corrected chi connectivity index (χ4v) is 2.21. The Labute approximate surface area is 98.8 Å². The lowest BCUT2D eigenvalue weighted by atomic mass is 9.98. The van der Waals surface area contributed by atoms with Gasteiger partial charge in [0.2, 0.25) is 0 Å². The topological polar surface area (TPSA) is 26.3 Å². The number of benzene rings is 1. The fraction of sp³-hybridized carbons (Fsp3) is 0.417. The summed E-state index contributed by atoms with van der Waals surface area (Å²) in [6.45, 7) is 4.09. The number of carbonyl (C=O) groups excluding carboxylic acids is 1. The lowest BCUT2D eigenvalue weighted by Crippen LogP contribution is -1.98. The van der Waals surface area contributed by atoms with Crippen LogP contribution in [0.5, 0.6) is 5.75 Å². The molecule has 0 N–H and O–H groups in total. The fourth-order valence-electron chi connectivity index (χ4n) is 1.70. The number of carbonyl (C=O) groups is 1. The predicted molar refractivity (Wildman–Crippen MR) is 64.6 cm³/mol. The average molecular weight is 271 g/mol. The summed E-state index contributed by atoms with van der Waals surface area (Å²) in [6, 6.07) is 2.00. The van der Waals surface area contributed by atoms with E-state index in [0.29, 0.717) is 6.42 Å². The molecule has 1 aromatic rings. The Balaban J connectivity index is 3.16. The van der Waals surface area contributed by atoms with Gasteiger partial charge in [0.1, 0.15) is 12.0 Å². The number of aryl methyl sites for hydroxylation is 1. The van der Waals surface area contributed by atoms with Crippen LogP contribution in [-0.2, 0) is 11.2 Å². The molecule has 0 atom stereocenters. The molecular weight excluding hydrogens is 256 g/mol. The summed E-state index contributed by atoms with van der Waals surface area (Å²) >= 11 is 3.50. The predicted octanol–water partition coefficient (Wildman–Crippen LogP) is 3.21. The van der Waals surface area contributed by atoms with Gasteiger partial charge in [0, 0.05) is 6.42 Å². The highest BCUT2D eigenvalue weighted by Gasteiger charge is 2.11. The van der Waals surface area contributed by atoms with E-state index in [1.54, 1.807) is 7.11 Å². The number of aldehydes is 1. The monoisotopic (exact) mass is 270 g/mol. The number of methoxy groups -OCH3 is 1. The molecule has 1 aromatic carbocycles. The van der Waals surface area contributed by atoms with Crippen molar-refractivity contribution >= 4 is 22.2 Å². The summed E-state index contributed by atoms with van der Waals surface area (Å²) in [4.78, 5) is 10.4. The minimum Gasteiger partial charge on any atom is -0.496 e. The third-order valence-corrected chi connectivity index (χ3v) is 3.54. The van der Waals surface area contributed by atoms with E-state index in [2.05, 4.69) is 15.9 Å². The maximum Gasteiger partial charge on any atom is 0.133 e.